The molecule has 0 aliphatic carbocycles. The standard InChI is InChI=1S/C15H13BrClNO/c1-10-6-13(16)8-14(7-10)18-15(19)12-4-2-11(9-17)3-5-12/h2-8H,9H2,1H3,(H,18,19). The summed E-state index contributed by atoms with van der Waals surface area (Å²) < 4.78 is 0.945. The van der Waals surface area contributed by atoms with Crippen LogP contribution in [0.5, 0.6) is 0 Å². The number of hydrogen-bond acceptors (Lipinski definition) is 1. The van der Waals surface area contributed by atoms with Crippen LogP contribution in [0.25, 0.3) is 0 Å². The van der Waals surface area contributed by atoms with Crippen LogP contribution < -0.4 is 5.32 Å². The lowest BCUT2D eigenvalue weighted by molar-refractivity contribution is 0.102. The molecule has 98 valence electrons. The number of halogens is 2. The molecule has 2 aromatic carbocycles. The summed E-state index contributed by atoms with van der Waals surface area (Å²) in [6.07, 6.45) is 0. The van der Waals surface area contributed by atoms with Gasteiger partial charge in [-0.2, -0.15) is 0 Å². The predicted molar refractivity (Wildman–Crippen MR) is 82.8 cm³/mol. The molecule has 0 aromatic heterocycles. The zero-order valence-corrected chi connectivity index (χ0v) is 12.8. The fourth-order valence-corrected chi connectivity index (χ4v) is 2.54. The van der Waals surface area contributed by atoms with E-state index in [1.54, 1.807) is 12.1 Å². The molecule has 0 radical (unpaired) electrons. The Morgan fingerprint density at radius 3 is 2.47 bits per heavy atom. The van der Waals surface area contributed by atoms with Gasteiger partial charge in [0.25, 0.3) is 5.91 Å². The summed E-state index contributed by atoms with van der Waals surface area (Å²) in [5.74, 6) is 0.325. The second kappa shape index (κ2) is 6.22. The Morgan fingerprint density at radius 2 is 1.89 bits per heavy atom. The highest BCUT2D eigenvalue weighted by Crippen LogP contribution is 2.19. The summed E-state index contributed by atoms with van der Waals surface area (Å²) in [7, 11) is 0. The maximum absolute atomic E-state index is 12.1. The summed E-state index contributed by atoms with van der Waals surface area (Å²) >= 11 is 9.13. The van der Waals surface area contributed by atoms with E-state index in [1.165, 1.54) is 0 Å². The van der Waals surface area contributed by atoms with E-state index in [4.69, 9.17) is 11.6 Å². The lowest BCUT2D eigenvalue weighted by atomic mass is 10.1. The summed E-state index contributed by atoms with van der Waals surface area (Å²) in [6, 6.07) is 13.1. The van der Waals surface area contributed by atoms with Crippen LogP contribution in [0.15, 0.2) is 46.9 Å². The SMILES string of the molecule is Cc1cc(Br)cc(NC(=O)c2ccc(CCl)cc2)c1. The predicted octanol–water partition coefficient (Wildman–Crippen LogP) is 4.75. The molecule has 0 fully saturated rings. The molecule has 0 aliphatic heterocycles. The van der Waals surface area contributed by atoms with Crippen molar-refractivity contribution in [1.29, 1.82) is 0 Å². The van der Waals surface area contributed by atoms with Crippen molar-refractivity contribution in [2.75, 3.05) is 5.32 Å². The molecule has 1 amide bonds. The Labute approximate surface area is 125 Å². The number of carbonyl (C=O) groups is 1. The summed E-state index contributed by atoms with van der Waals surface area (Å²) in [5.41, 5.74) is 3.48. The Hall–Kier alpha value is -1.32. The van der Waals surface area contributed by atoms with E-state index in [2.05, 4.69) is 21.2 Å². The van der Waals surface area contributed by atoms with Crippen molar-refractivity contribution in [3.05, 3.63) is 63.6 Å². The Balaban J connectivity index is 2.15. The lowest BCUT2D eigenvalue weighted by Gasteiger charge is -2.07. The van der Waals surface area contributed by atoms with Gasteiger partial charge in [0.15, 0.2) is 0 Å². The number of carbonyl (C=O) groups excluding carboxylic acids is 1. The number of anilines is 1. The molecule has 2 aromatic rings. The lowest BCUT2D eigenvalue weighted by Crippen LogP contribution is -2.11. The van der Waals surface area contributed by atoms with Gasteiger partial charge in [-0.05, 0) is 48.4 Å². The van der Waals surface area contributed by atoms with Gasteiger partial charge in [-0.3, -0.25) is 4.79 Å². The maximum atomic E-state index is 12.1. The molecule has 0 spiro atoms. The van der Waals surface area contributed by atoms with Crippen molar-refractivity contribution < 1.29 is 4.79 Å². The molecule has 0 saturated carbocycles. The Kier molecular flexibility index (Phi) is 4.61. The van der Waals surface area contributed by atoms with Gasteiger partial charge in [-0.15, -0.1) is 11.6 Å². The molecule has 0 aliphatic rings. The van der Waals surface area contributed by atoms with E-state index in [-0.39, 0.29) is 5.91 Å². The highest BCUT2D eigenvalue weighted by molar-refractivity contribution is 9.10. The summed E-state index contributed by atoms with van der Waals surface area (Å²) in [6.45, 7) is 1.98. The topological polar surface area (TPSA) is 29.1 Å². The molecule has 0 atom stereocenters. The molecule has 0 bridgehead atoms. The quantitative estimate of drug-likeness (QED) is 0.804. The molecular formula is C15H13BrClNO. The van der Waals surface area contributed by atoms with E-state index in [0.717, 1.165) is 21.3 Å². The van der Waals surface area contributed by atoms with Crippen LogP contribution in [0.1, 0.15) is 21.5 Å². The monoisotopic (exact) mass is 337 g/mol. The van der Waals surface area contributed by atoms with Gasteiger partial charge in [-0.25, -0.2) is 0 Å². The van der Waals surface area contributed by atoms with Crippen molar-refractivity contribution in [1.82, 2.24) is 0 Å². The van der Waals surface area contributed by atoms with Gasteiger partial charge in [0.1, 0.15) is 0 Å². The molecule has 2 nitrogen and oxygen atoms in total. The van der Waals surface area contributed by atoms with Crippen molar-refractivity contribution in [2.24, 2.45) is 0 Å². The molecular weight excluding hydrogens is 326 g/mol. The van der Waals surface area contributed by atoms with Crippen LogP contribution in [-0.2, 0) is 5.88 Å². The smallest absolute Gasteiger partial charge is 0.255 e. The van der Waals surface area contributed by atoms with Gasteiger partial charge in [-0.1, -0.05) is 28.1 Å². The van der Waals surface area contributed by atoms with Crippen LogP contribution in [-0.4, -0.2) is 5.91 Å². The van der Waals surface area contributed by atoms with Gasteiger partial charge < -0.3 is 5.32 Å². The molecule has 2 rings (SSSR count). The minimum Gasteiger partial charge on any atom is -0.322 e. The highest BCUT2D eigenvalue weighted by Gasteiger charge is 2.06. The van der Waals surface area contributed by atoms with Crippen LogP contribution in [0.4, 0.5) is 5.69 Å². The minimum atomic E-state index is -0.126. The molecule has 1 N–H and O–H groups in total. The van der Waals surface area contributed by atoms with Gasteiger partial charge in [0.05, 0.1) is 0 Å². The van der Waals surface area contributed by atoms with Gasteiger partial charge >= 0.3 is 0 Å². The van der Waals surface area contributed by atoms with Gasteiger partial charge in [0, 0.05) is 21.6 Å². The van der Waals surface area contributed by atoms with Crippen LogP contribution in [0.3, 0.4) is 0 Å². The zero-order chi connectivity index (χ0) is 13.8. The number of benzene rings is 2. The number of nitrogens with one attached hydrogen (secondary N) is 1. The molecule has 0 unspecified atom stereocenters. The van der Waals surface area contributed by atoms with E-state index in [9.17, 15) is 4.79 Å². The number of hydrogen-bond donors (Lipinski definition) is 1. The van der Waals surface area contributed by atoms with Gasteiger partial charge in [0.2, 0.25) is 0 Å². The normalized spacial score (nSPS) is 10.3. The second-order valence-electron chi connectivity index (χ2n) is 4.30. The van der Waals surface area contributed by atoms with E-state index in [0.29, 0.717) is 11.4 Å². The first-order chi connectivity index (χ1) is 9.08. The number of amides is 1. The van der Waals surface area contributed by atoms with Crippen molar-refractivity contribution >= 4 is 39.1 Å². The molecule has 0 saturated heterocycles. The third-order valence-electron chi connectivity index (χ3n) is 2.67. The average Bonchev–Trinajstić information content (AvgIpc) is 2.37. The third kappa shape index (κ3) is 3.82. The fraction of sp³-hybridized carbons (Fsp3) is 0.133. The zero-order valence-electron chi connectivity index (χ0n) is 10.4. The second-order valence-corrected chi connectivity index (χ2v) is 5.48. The van der Waals surface area contributed by atoms with E-state index < -0.39 is 0 Å². The number of aryl methyl sites for hydroxylation is 1. The molecule has 4 heteroatoms. The Morgan fingerprint density at radius 1 is 1.21 bits per heavy atom. The van der Waals surface area contributed by atoms with Crippen LogP contribution in [0, 0.1) is 6.92 Å². The number of rotatable bonds is 3. The average molecular weight is 339 g/mol. The van der Waals surface area contributed by atoms with Crippen LogP contribution in [0.2, 0.25) is 0 Å². The van der Waals surface area contributed by atoms with E-state index >= 15 is 0 Å². The first-order valence-corrected chi connectivity index (χ1v) is 7.14. The first-order valence-electron chi connectivity index (χ1n) is 5.82. The van der Waals surface area contributed by atoms with Crippen molar-refractivity contribution in [2.45, 2.75) is 12.8 Å². The van der Waals surface area contributed by atoms with Crippen molar-refractivity contribution in [3.63, 3.8) is 0 Å². The molecule has 0 heterocycles. The maximum Gasteiger partial charge on any atom is 0.255 e. The largest absolute Gasteiger partial charge is 0.322 e. The van der Waals surface area contributed by atoms with E-state index in [1.807, 2.05) is 37.3 Å². The van der Waals surface area contributed by atoms with Crippen LogP contribution >= 0.6 is 27.5 Å². The summed E-state index contributed by atoms with van der Waals surface area (Å²) in [4.78, 5) is 12.1. The highest BCUT2D eigenvalue weighted by atomic mass is 79.9. The number of alkyl halides is 1. The molecule has 19 heavy (non-hydrogen) atoms. The summed E-state index contributed by atoms with van der Waals surface area (Å²) in [5, 5.41) is 2.88. The Bertz CT molecular complexity index is 575. The first kappa shape index (κ1) is 14.1. The third-order valence-corrected chi connectivity index (χ3v) is 3.44. The fourth-order valence-electron chi connectivity index (χ4n) is 1.76. The van der Waals surface area contributed by atoms with Crippen molar-refractivity contribution in [3.8, 4) is 0 Å². The minimum absolute atomic E-state index is 0.126.